The van der Waals surface area contributed by atoms with Crippen LogP contribution >= 0.6 is 11.3 Å². The molecule has 1 amide bonds. The molecule has 0 radical (unpaired) electrons. The molecule has 5 rings (SSSR count). The van der Waals surface area contributed by atoms with Gasteiger partial charge in [0.05, 0.1) is 5.69 Å². The number of thiophene rings is 1. The molecule has 1 fully saturated rings. The number of hydrogen-bond acceptors (Lipinski definition) is 9. The van der Waals surface area contributed by atoms with E-state index in [1.165, 1.54) is 6.33 Å². The van der Waals surface area contributed by atoms with Crippen LogP contribution in [0.2, 0.25) is 0 Å². The van der Waals surface area contributed by atoms with Crippen LogP contribution in [0.4, 0.5) is 17.6 Å². The second kappa shape index (κ2) is 8.64. The van der Waals surface area contributed by atoms with E-state index in [0.717, 1.165) is 31.6 Å². The van der Waals surface area contributed by atoms with E-state index < -0.39 is 0 Å². The number of rotatable bonds is 8. The molecule has 1 aliphatic rings. The number of nitrogens with zero attached hydrogens (tertiary/aromatic N) is 7. The SMILES string of the molecule is O=C1CCCN1CCCNc1nc(Nc2ccncn2)nc2c1ncn2-c1ccsc1. The van der Waals surface area contributed by atoms with Crippen molar-refractivity contribution in [1.82, 2.24) is 34.4 Å². The second-order valence-electron chi connectivity index (χ2n) is 7.15. The van der Waals surface area contributed by atoms with Crippen LogP contribution in [-0.4, -0.2) is 59.9 Å². The van der Waals surface area contributed by atoms with E-state index in [1.807, 2.05) is 26.3 Å². The lowest BCUT2D eigenvalue weighted by Gasteiger charge is -2.15. The van der Waals surface area contributed by atoms with Crippen LogP contribution < -0.4 is 10.6 Å². The van der Waals surface area contributed by atoms with Crippen molar-refractivity contribution in [3.05, 3.63) is 41.7 Å². The maximum absolute atomic E-state index is 11.8. The number of nitrogens with one attached hydrogen (secondary N) is 2. The summed E-state index contributed by atoms with van der Waals surface area (Å²) in [5.41, 5.74) is 2.39. The van der Waals surface area contributed by atoms with Gasteiger partial charge in [-0.2, -0.15) is 21.3 Å². The lowest BCUT2D eigenvalue weighted by molar-refractivity contribution is -0.127. The van der Waals surface area contributed by atoms with E-state index in [2.05, 4.69) is 35.6 Å². The third-order valence-corrected chi connectivity index (χ3v) is 5.74. The largest absolute Gasteiger partial charge is 0.368 e. The standard InChI is InChI=1S/C20H21N9OS/c30-16-3-1-8-28(16)9-2-6-22-18-17-19(29(13-24-17)14-5-10-31-11-14)27-20(26-18)25-15-4-7-21-12-23-15/h4-5,7,10-13H,1-3,6,8-9H2,(H2,21,22,23,25,26,27). The number of hydrogen-bond donors (Lipinski definition) is 2. The third-order valence-electron chi connectivity index (χ3n) is 5.07. The molecule has 0 atom stereocenters. The minimum atomic E-state index is 0.246. The highest BCUT2D eigenvalue weighted by Gasteiger charge is 2.19. The molecule has 10 nitrogen and oxygen atoms in total. The number of imidazole rings is 1. The van der Waals surface area contributed by atoms with Crippen molar-refractivity contribution >= 4 is 46.0 Å². The second-order valence-corrected chi connectivity index (χ2v) is 7.93. The maximum atomic E-state index is 11.8. The first-order valence-corrected chi connectivity index (χ1v) is 11.0. The Morgan fingerprint density at radius 2 is 2.16 bits per heavy atom. The first-order valence-electron chi connectivity index (χ1n) is 10.1. The lowest BCUT2D eigenvalue weighted by Crippen LogP contribution is -2.27. The first-order chi connectivity index (χ1) is 15.3. The number of amides is 1. The summed E-state index contributed by atoms with van der Waals surface area (Å²) in [7, 11) is 0. The van der Waals surface area contributed by atoms with Crippen molar-refractivity contribution in [3.63, 3.8) is 0 Å². The molecule has 158 valence electrons. The molecule has 4 aromatic heterocycles. The number of carbonyl (C=O) groups is 1. The summed E-state index contributed by atoms with van der Waals surface area (Å²) in [5, 5.41) is 10.6. The quantitative estimate of drug-likeness (QED) is 0.406. The Morgan fingerprint density at radius 1 is 1.19 bits per heavy atom. The Balaban J connectivity index is 1.40. The molecule has 0 saturated carbocycles. The highest BCUT2D eigenvalue weighted by Crippen LogP contribution is 2.25. The summed E-state index contributed by atoms with van der Waals surface area (Å²) in [6, 6.07) is 3.77. The van der Waals surface area contributed by atoms with Crippen molar-refractivity contribution in [1.29, 1.82) is 0 Å². The van der Waals surface area contributed by atoms with Gasteiger partial charge >= 0.3 is 0 Å². The van der Waals surface area contributed by atoms with Crippen LogP contribution in [0.3, 0.4) is 0 Å². The van der Waals surface area contributed by atoms with Gasteiger partial charge in [0.1, 0.15) is 18.5 Å². The summed E-state index contributed by atoms with van der Waals surface area (Å²) in [5.74, 6) is 1.91. The van der Waals surface area contributed by atoms with Gasteiger partial charge in [0.2, 0.25) is 11.9 Å². The minimum Gasteiger partial charge on any atom is -0.368 e. The van der Waals surface area contributed by atoms with Crippen molar-refractivity contribution in [2.45, 2.75) is 19.3 Å². The molecule has 2 N–H and O–H groups in total. The molecular formula is C20H21N9OS. The van der Waals surface area contributed by atoms with E-state index >= 15 is 0 Å². The van der Waals surface area contributed by atoms with E-state index in [9.17, 15) is 4.79 Å². The van der Waals surface area contributed by atoms with Crippen LogP contribution in [0.5, 0.6) is 0 Å². The fraction of sp³-hybridized carbons (Fsp3) is 0.300. The third kappa shape index (κ3) is 4.17. The van der Waals surface area contributed by atoms with Gasteiger partial charge < -0.3 is 15.5 Å². The molecule has 11 heteroatoms. The Kier molecular flexibility index (Phi) is 5.40. The Labute approximate surface area is 182 Å². The van der Waals surface area contributed by atoms with Crippen LogP contribution in [0, 0.1) is 0 Å². The summed E-state index contributed by atoms with van der Waals surface area (Å²) in [6.45, 7) is 2.28. The van der Waals surface area contributed by atoms with E-state index in [-0.39, 0.29) is 5.91 Å². The maximum Gasteiger partial charge on any atom is 0.232 e. The number of fused-ring (bicyclic) bond motifs is 1. The first kappa shape index (κ1) is 19.4. The molecule has 0 unspecified atom stereocenters. The molecule has 0 spiro atoms. The zero-order valence-electron chi connectivity index (χ0n) is 16.7. The molecule has 31 heavy (non-hydrogen) atoms. The van der Waals surface area contributed by atoms with Gasteiger partial charge in [-0.1, -0.05) is 0 Å². The van der Waals surface area contributed by atoms with Crippen molar-refractivity contribution in [2.75, 3.05) is 30.3 Å². The van der Waals surface area contributed by atoms with E-state index in [4.69, 9.17) is 0 Å². The molecule has 0 aliphatic carbocycles. The molecular weight excluding hydrogens is 414 g/mol. The fourth-order valence-corrected chi connectivity index (χ4v) is 4.19. The zero-order valence-corrected chi connectivity index (χ0v) is 17.5. The predicted molar refractivity (Wildman–Crippen MR) is 119 cm³/mol. The average Bonchev–Trinajstić information content (AvgIpc) is 3.53. The topological polar surface area (TPSA) is 114 Å². The number of anilines is 3. The van der Waals surface area contributed by atoms with Crippen LogP contribution in [0.1, 0.15) is 19.3 Å². The molecule has 5 heterocycles. The van der Waals surface area contributed by atoms with E-state index in [0.29, 0.717) is 41.7 Å². The molecule has 4 aromatic rings. The number of carbonyl (C=O) groups excluding carboxylic acids is 1. The average molecular weight is 436 g/mol. The number of likely N-dealkylation sites (tertiary alicyclic amines) is 1. The van der Waals surface area contributed by atoms with Gasteiger partial charge in [0, 0.05) is 37.6 Å². The molecule has 1 aliphatic heterocycles. The van der Waals surface area contributed by atoms with Crippen LogP contribution in [0.25, 0.3) is 16.9 Å². The van der Waals surface area contributed by atoms with Gasteiger partial charge in [0.25, 0.3) is 0 Å². The predicted octanol–water partition coefficient (Wildman–Crippen LogP) is 2.84. The molecule has 1 saturated heterocycles. The fourth-order valence-electron chi connectivity index (χ4n) is 3.56. The highest BCUT2D eigenvalue weighted by atomic mass is 32.1. The lowest BCUT2D eigenvalue weighted by atomic mass is 10.3. The summed E-state index contributed by atoms with van der Waals surface area (Å²) < 4.78 is 1.94. The molecule has 0 aromatic carbocycles. The summed E-state index contributed by atoms with van der Waals surface area (Å²) in [4.78, 5) is 35.7. The van der Waals surface area contributed by atoms with Gasteiger partial charge in [-0.05, 0) is 30.4 Å². The normalized spacial score (nSPS) is 13.8. The number of aromatic nitrogens is 6. The van der Waals surface area contributed by atoms with E-state index in [1.54, 1.807) is 29.9 Å². The van der Waals surface area contributed by atoms with Crippen molar-refractivity contribution < 1.29 is 4.79 Å². The van der Waals surface area contributed by atoms with Gasteiger partial charge in [-0.15, -0.1) is 0 Å². The minimum absolute atomic E-state index is 0.246. The van der Waals surface area contributed by atoms with Gasteiger partial charge in [-0.3, -0.25) is 9.36 Å². The van der Waals surface area contributed by atoms with Crippen molar-refractivity contribution in [3.8, 4) is 5.69 Å². The summed E-state index contributed by atoms with van der Waals surface area (Å²) in [6.07, 6.45) is 7.33. The molecule has 0 bridgehead atoms. The smallest absolute Gasteiger partial charge is 0.232 e. The van der Waals surface area contributed by atoms with Crippen molar-refractivity contribution in [2.24, 2.45) is 0 Å². The Morgan fingerprint density at radius 3 is 2.94 bits per heavy atom. The Hall–Kier alpha value is -3.60. The highest BCUT2D eigenvalue weighted by molar-refractivity contribution is 7.08. The van der Waals surface area contributed by atoms with Gasteiger partial charge in [-0.25, -0.2) is 15.0 Å². The zero-order chi connectivity index (χ0) is 21.0. The van der Waals surface area contributed by atoms with Crippen LogP contribution in [-0.2, 0) is 4.79 Å². The summed E-state index contributed by atoms with van der Waals surface area (Å²) >= 11 is 1.61. The van der Waals surface area contributed by atoms with Crippen LogP contribution in [0.15, 0.2) is 41.7 Å². The van der Waals surface area contributed by atoms with Gasteiger partial charge in [0.15, 0.2) is 17.0 Å². The Bertz CT molecular complexity index is 1180. The monoisotopic (exact) mass is 435 g/mol.